The molecule has 6 nitrogen and oxygen atoms in total. The predicted molar refractivity (Wildman–Crippen MR) is 80.5 cm³/mol. The highest BCUT2D eigenvalue weighted by atomic mass is 19.4. The van der Waals surface area contributed by atoms with Crippen molar-refractivity contribution in [3.05, 3.63) is 59.7 Å². The Kier molecular flexibility index (Phi) is 5.68. The number of hydrogen-bond donors (Lipinski definition) is 1. The number of methoxy groups -OCH3 is 1. The Morgan fingerprint density at radius 3 is 2.40 bits per heavy atom. The van der Waals surface area contributed by atoms with Crippen molar-refractivity contribution in [1.82, 2.24) is 15.3 Å². The Bertz CT molecular complexity index is 734. The number of halogens is 3. The number of nitrogens with one attached hydrogen (secondary N) is 1. The van der Waals surface area contributed by atoms with E-state index < -0.39 is 29.7 Å². The molecule has 1 heterocycles. The first-order valence-electron chi connectivity index (χ1n) is 7.12. The van der Waals surface area contributed by atoms with Gasteiger partial charge in [-0.1, -0.05) is 12.1 Å². The highest BCUT2D eigenvalue weighted by Gasteiger charge is 2.30. The van der Waals surface area contributed by atoms with Crippen LogP contribution in [0, 0.1) is 0 Å². The molecule has 0 fully saturated rings. The molecule has 1 aromatic carbocycles. The number of hydrogen-bond acceptors (Lipinski definition) is 5. The van der Waals surface area contributed by atoms with Crippen molar-refractivity contribution >= 4 is 11.9 Å². The van der Waals surface area contributed by atoms with Crippen molar-refractivity contribution < 1.29 is 27.5 Å². The van der Waals surface area contributed by atoms with Gasteiger partial charge in [-0.3, -0.25) is 9.78 Å². The third-order valence-electron chi connectivity index (χ3n) is 3.31. The van der Waals surface area contributed by atoms with Crippen molar-refractivity contribution in [3.8, 4) is 0 Å². The third-order valence-corrected chi connectivity index (χ3v) is 3.31. The number of benzene rings is 1. The topological polar surface area (TPSA) is 81.2 Å². The molecule has 1 aromatic heterocycles. The van der Waals surface area contributed by atoms with Gasteiger partial charge in [-0.2, -0.15) is 13.2 Å². The van der Waals surface area contributed by atoms with Crippen LogP contribution in [0.15, 0.2) is 42.9 Å². The van der Waals surface area contributed by atoms with Crippen molar-refractivity contribution in [2.75, 3.05) is 7.11 Å². The van der Waals surface area contributed by atoms with Gasteiger partial charge in [0.05, 0.1) is 18.9 Å². The van der Waals surface area contributed by atoms with E-state index in [-0.39, 0.29) is 12.1 Å². The van der Waals surface area contributed by atoms with Gasteiger partial charge in [0.15, 0.2) is 0 Å². The number of rotatable bonds is 5. The fourth-order valence-electron chi connectivity index (χ4n) is 2.05. The predicted octanol–water partition coefficient (Wildman–Crippen LogP) is 2.01. The maximum Gasteiger partial charge on any atom is 0.416 e. The van der Waals surface area contributed by atoms with Crippen LogP contribution in [0.3, 0.4) is 0 Å². The van der Waals surface area contributed by atoms with Crippen molar-refractivity contribution in [2.24, 2.45) is 0 Å². The molecule has 9 heteroatoms. The van der Waals surface area contributed by atoms with Gasteiger partial charge in [0.2, 0.25) is 0 Å². The standard InChI is InChI=1S/C16H14F3N3O3/c1-25-15(24)12(22-14(23)13-9-20-6-7-21-13)8-10-2-4-11(5-3-10)16(17,18)19/h2-7,9,12H,8H2,1H3,(H,22,23). The molecule has 132 valence electrons. The molecule has 1 amide bonds. The van der Waals surface area contributed by atoms with Crippen molar-refractivity contribution in [3.63, 3.8) is 0 Å². The SMILES string of the molecule is COC(=O)C(Cc1ccc(C(F)(F)F)cc1)NC(=O)c1cnccn1. The maximum atomic E-state index is 12.6. The first-order chi connectivity index (χ1) is 11.8. The van der Waals surface area contributed by atoms with E-state index in [0.717, 1.165) is 19.2 Å². The average Bonchev–Trinajstić information content (AvgIpc) is 2.60. The number of amides is 1. The zero-order chi connectivity index (χ0) is 18.4. The van der Waals surface area contributed by atoms with E-state index in [2.05, 4.69) is 20.0 Å². The summed E-state index contributed by atoms with van der Waals surface area (Å²) in [5.41, 5.74) is -0.360. The Morgan fingerprint density at radius 1 is 1.20 bits per heavy atom. The second kappa shape index (κ2) is 7.73. The molecule has 1 N–H and O–H groups in total. The van der Waals surface area contributed by atoms with Crippen molar-refractivity contribution in [1.29, 1.82) is 0 Å². The van der Waals surface area contributed by atoms with Crippen LogP contribution in [0.4, 0.5) is 13.2 Å². The highest BCUT2D eigenvalue weighted by Crippen LogP contribution is 2.29. The summed E-state index contributed by atoms with van der Waals surface area (Å²) in [7, 11) is 1.15. The Hall–Kier alpha value is -2.97. The molecule has 1 atom stereocenters. The third kappa shape index (κ3) is 5.00. The van der Waals surface area contributed by atoms with Gasteiger partial charge in [-0.25, -0.2) is 9.78 Å². The molecule has 0 radical (unpaired) electrons. The van der Waals surface area contributed by atoms with Crippen LogP contribution in [-0.4, -0.2) is 35.0 Å². The number of carbonyl (C=O) groups excluding carboxylic acids is 2. The molecule has 0 saturated carbocycles. The molecule has 0 bridgehead atoms. The van der Waals surface area contributed by atoms with E-state index in [1.54, 1.807) is 0 Å². The number of ether oxygens (including phenoxy) is 1. The molecule has 0 aliphatic heterocycles. The van der Waals surface area contributed by atoms with E-state index in [1.165, 1.54) is 30.7 Å². The van der Waals surface area contributed by atoms with Crippen LogP contribution >= 0.6 is 0 Å². The largest absolute Gasteiger partial charge is 0.467 e. The van der Waals surface area contributed by atoms with Gasteiger partial charge in [0.25, 0.3) is 5.91 Å². The molecule has 0 spiro atoms. The van der Waals surface area contributed by atoms with E-state index in [1.807, 2.05) is 0 Å². The quantitative estimate of drug-likeness (QED) is 0.832. The van der Waals surface area contributed by atoms with E-state index in [4.69, 9.17) is 0 Å². The second-order valence-electron chi connectivity index (χ2n) is 5.04. The summed E-state index contributed by atoms with van der Waals surface area (Å²) in [6.07, 6.45) is -0.548. The van der Waals surface area contributed by atoms with Crippen LogP contribution in [0.5, 0.6) is 0 Å². The minimum Gasteiger partial charge on any atom is -0.467 e. The fourth-order valence-corrected chi connectivity index (χ4v) is 2.05. The number of carbonyl (C=O) groups is 2. The lowest BCUT2D eigenvalue weighted by atomic mass is 10.0. The molecule has 0 aliphatic carbocycles. The minimum absolute atomic E-state index is 0.00354. The molecule has 25 heavy (non-hydrogen) atoms. The van der Waals surface area contributed by atoms with Gasteiger partial charge in [-0.15, -0.1) is 0 Å². The Balaban J connectivity index is 2.13. The highest BCUT2D eigenvalue weighted by molar-refractivity contribution is 5.94. The van der Waals surface area contributed by atoms with E-state index >= 15 is 0 Å². The van der Waals surface area contributed by atoms with E-state index in [0.29, 0.717) is 5.56 Å². The molecule has 2 rings (SSSR count). The Morgan fingerprint density at radius 2 is 1.88 bits per heavy atom. The summed E-state index contributed by atoms with van der Waals surface area (Å²) in [6.45, 7) is 0. The lowest BCUT2D eigenvalue weighted by molar-refractivity contribution is -0.143. The first-order valence-corrected chi connectivity index (χ1v) is 7.12. The summed E-state index contributed by atoms with van der Waals surface area (Å²) in [6, 6.07) is 3.24. The zero-order valence-electron chi connectivity index (χ0n) is 13.1. The van der Waals surface area contributed by atoms with Crippen LogP contribution < -0.4 is 5.32 Å². The van der Waals surface area contributed by atoms with E-state index in [9.17, 15) is 22.8 Å². The fraction of sp³-hybridized carbons (Fsp3) is 0.250. The molecular weight excluding hydrogens is 339 g/mol. The summed E-state index contributed by atoms with van der Waals surface area (Å²) in [5, 5.41) is 2.44. The monoisotopic (exact) mass is 353 g/mol. The first kappa shape index (κ1) is 18.4. The van der Waals surface area contributed by atoms with Crippen LogP contribution in [-0.2, 0) is 22.1 Å². The van der Waals surface area contributed by atoms with Crippen LogP contribution in [0.25, 0.3) is 0 Å². The number of esters is 1. The van der Waals surface area contributed by atoms with Gasteiger partial charge < -0.3 is 10.1 Å². The number of alkyl halides is 3. The van der Waals surface area contributed by atoms with Crippen molar-refractivity contribution in [2.45, 2.75) is 18.6 Å². The number of aromatic nitrogens is 2. The maximum absolute atomic E-state index is 12.6. The summed E-state index contributed by atoms with van der Waals surface area (Å²) in [5.74, 6) is -1.37. The molecular formula is C16H14F3N3O3. The van der Waals surface area contributed by atoms with Gasteiger partial charge in [0, 0.05) is 18.8 Å². The van der Waals surface area contributed by atoms with Gasteiger partial charge in [-0.05, 0) is 17.7 Å². The second-order valence-corrected chi connectivity index (χ2v) is 5.04. The molecule has 2 aromatic rings. The summed E-state index contributed by atoms with van der Waals surface area (Å²) >= 11 is 0. The summed E-state index contributed by atoms with van der Waals surface area (Å²) < 4.78 is 42.4. The molecule has 0 aliphatic rings. The van der Waals surface area contributed by atoms with Crippen LogP contribution in [0.1, 0.15) is 21.6 Å². The van der Waals surface area contributed by atoms with Gasteiger partial charge >= 0.3 is 12.1 Å². The average molecular weight is 353 g/mol. The molecule has 1 unspecified atom stereocenters. The van der Waals surface area contributed by atoms with Gasteiger partial charge in [0.1, 0.15) is 11.7 Å². The molecule has 0 saturated heterocycles. The number of nitrogens with zero attached hydrogens (tertiary/aromatic N) is 2. The minimum atomic E-state index is -4.44. The smallest absolute Gasteiger partial charge is 0.416 e. The zero-order valence-corrected chi connectivity index (χ0v) is 13.1. The lowest BCUT2D eigenvalue weighted by Crippen LogP contribution is -2.43. The normalized spacial score (nSPS) is 12.3. The van der Waals surface area contributed by atoms with Crippen LogP contribution in [0.2, 0.25) is 0 Å². The summed E-state index contributed by atoms with van der Waals surface area (Å²) in [4.78, 5) is 31.5. The lowest BCUT2D eigenvalue weighted by Gasteiger charge is -2.16. The Labute approximate surface area is 141 Å².